The van der Waals surface area contributed by atoms with Crippen molar-refractivity contribution in [2.45, 2.75) is 11.8 Å². The van der Waals surface area contributed by atoms with Crippen molar-refractivity contribution < 1.29 is 17.3 Å². The van der Waals surface area contributed by atoms with E-state index in [1.165, 1.54) is 24.4 Å². The lowest BCUT2D eigenvalue weighted by Crippen LogP contribution is -2.12. The highest BCUT2D eigenvalue weighted by atomic mass is 35.5. The van der Waals surface area contributed by atoms with E-state index in [0.717, 1.165) is 0 Å². The summed E-state index contributed by atoms with van der Waals surface area (Å²) >= 11 is 5.83. The van der Waals surface area contributed by atoms with E-state index >= 15 is 0 Å². The van der Waals surface area contributed by atoms with Crippen LogP contribution in [-0.4, -0.2) is 20.0 Å². The van der Waals surface area contributed by atoms with Gasteiger partial charge in [0.25, 0.3) is 0 Å². The van der Waals surface area contributed by atoms with Gasteiger partial charge in [0.05, 0.1) is 6.61 Å². The van der Waals surface area contributed by atoms with Gasteiger partial charge in [-0.25, -0.2) is 4.98 Å². The van der Waals surface area contributed by atoms with E-state index in [1.54, 1.807) is 25.1 Å². The molecule has 1 aromatic heterocycles. The molecule has 0 aliphatic heterocycles. The van der Waals surface area contributed by atoms with Crippen molar-refractivity contribution in [1.29, 1.82) is 0 Å². The Kier molecular flexibility index (Phi) is 4.46. The zero-order chi connectivity index (χ0) is 14.6. The highest BCUT2D eigenvalue weighted by molar-refractivity contribution is 7.87. The fourth-order valence-electron chi connectivity index (χ4n) is 1.51. The Morgan fingerprint density at radius 2 is 2.05 bits per heavy atom. The molecule has 0 saturated carbocycles. The summed E-state index contributed by atoms with van der Waals surface area (Å²) in [5.41, 5.74) is 0. The van der Waals surface area contributed by atoms with Crippen molar-refractivity contribution >= 4 is 21.7 Å². The summed E-state index contributed by atoms with van der Waals surface area (Å²) in [5, 5.41) is 0.275. The summed E-state index contributed by atoms with van der Waals surface area (Å²) in [5.74, 6) is 0.169. The van der Waals surface area contributed by atoms with Crippen LogP contribution < -0.4 is 8.92 Å². The Hall–Kier alpha value is -1.79. The minimum absolute atomic E-state index is 0.0186. The number of hydrogen-bond donors (Lipinski definition) is 0. The Morgan fingerprint density at radius 1 is 1.25 bits per heavy atom. The van der Waals surface area contributed by atoms with E-state index in [-0.39, 0.29) is 21.5 Å². The van der Waals surface area contributed by atoms with Crippen LogP contribution in [0.3, 0.4) is 0 Å². The summed E-state index contributed by atoms with van der Waals surface area (Å²) < 4.78 is 34.7. The summed E-state index contributed by atoms with van der Waals surface area (Å²) in [6.07, 6.45) is 1.44. The van der Waals surface area contributed by atoms with E-state index in [9.17, 15) is 8.42 Å². The number of halogens is 1. The molecule has 0 aliphatic carbocycles. The van der Waals surface area contributed by atoms with Crippen molar-refractivity contribution in [1.82, 2.24) is 4.98 Å². The van der Waals surface area contributed by atoms with Crippen molar-refractivity contribution in [3.8, 4) is 11.6 Å². The normalized spacial score (nSPS) is 11.1. The molecule has 0 radical (unpaired) electrons. The first kappa shape index (κ1) is 14.6. The van der Waals surface area contributed by atoms with Crippen LogP contribution in [0.25, 0.3) is 0 Å². The van der Waals surface area contributed by atoms with E-state index in [1.807, 2.05) is 0 Å². The van der Waals surface area contributed by atoms with Gasteiger partial charge in [0.2, 0.25) is 5.88 Å². The first-order valence-electron chi connectivity index (χ1n) is 5.81. The SMILES string of the molecule is CCOc1ccc(Cl)cc1S(=O)(=O)Oc1ccccn1. The van der Waals surface area contributed by atoms with Crippen molar-refractivity contribution in [3.63, 3.8) is 0 Å². The zero-order valence-electron chi connectivity index (χ0n) is 10.6. The zero-order valence-corrected chi connectivity index (χ0v) is 12.2. The Labute approximate surface area is 122 Å². The second-order valence-corrected chi connectivity index (χ2v) is 5.68. The number of hydrogen-bond acceptors (Lipinski definition) is 5. The summed E-state index contributed by atoms with van der Waals surface area (Å²) in [6, 6.07) is 9.05. The fourth-order valence-corrected chi connectivity index (χ4v) is 2.80. The van der Waals surface area contributed by atoms with E-state index in [4.69, 9.17) is 20.5 Å². The molecule has 0 amide bonds. The number of aromatic nitrogens is 1. The summed E-state index contributed by atoms with van der Waals surface area (Å²) in [7, 11) is -4.06. The quantitative estimate of drug-likeness (QED) is 0.794. The Balaban J connectivity index is 2.41. The van der Waals surface area contributed by atoms with Gasteiger partial charge in [-0.3, -0.25) is 0 Å². The predicted molar refractivity (Wildman–Crippen MR) is 74.7 cm³/mol. The van der Waals surface area contributed by atoms with Crippen LogP contribution in [0.2, 0.25) is 5.02 Å². The first-order valence-corrected chi connectivity index (χ1v) is 7.59. The van der Waals surface area contributed by atoms with Gasteiger partial charge in [-0.1, -0.05) is 17.7 Å². The molecular formula is C13H12ClNO4S. The average Bonchev–Trinajstić information content (AvgIpc) is 2.41. The van der Waals surface area contributed by atoms with Crippen LogP contribution in [0.4, 0.5) is 0 Å². The fraction of sp³-hybridized carbons (Fsp3) is 0.154. The number of ether oxygens (including phenoxy) is 1. The van der Waals surface area contributed by atoms with Crippen LogP contribution in [0.15, 0.2) is 47.5 Å². The molecule has 0 bridgehead atoms. The third kappa shape index (κ3) is 3.40. The number of benzene rings is 1. The molecule has 0 fully saturated rings. The molecule has 7 heteroatoms. The third-order valence-electron chi connectivity index (χ3n) is 2.31. The van der Waals surface area contributed by atoms with Gasteiger partial charge in [0.15, 0.2) is 0 Å². The maximum atomic E-state index is 12.2. The van der Waals surface area contributed by atoms with Gasteiger partial charge >= 0.3 is 10.1 Å². The van der Waals surface area contributed by atoms with E-state index in [0.29, 0.717) is 6.61 Å². The summed E-state index contributed by atoms with van der Waals surface area (Å²) in [6.45, 7) is 2.08. The average molecular weight is 314 g/mol. The maximum absolute atomic E-state index is 12.2. The molecule has 1 aromatic carbocycles. The van der Waals surface area contributed by atoms with Gasteiger partial charge in [0.1, 0.15) is 10.6 Å². The lowest BCUT2D eigenvalue weighted by molar-refractivity contribution is 0.329. The summed E-state index contributed by atoms with van der Waals surface area (Å²) in [4.78, 5) is 3.69. The highest BCUT2D eigenvalue weighted by Gasteiger charge is 2.23. The van der Waals surface area contributed by atoms with Crippen molar-refractivity contribution in [2.75, 3.05) is 6.61 Å². The molecule has 0 aliphatic rings. The lowest BCUT2D eigenvalue weighted by Gasteiger charge is -2.11. The molecule has 2 rings (SSSR count). The largest absolute Gasteiger partial charge is 0.492 e. The molecule has 0 spiro atoms. The molecule has 0 N–H and O–H groups in total. The van der Waals surface area contributed by atoms with E-state index < -0.39 is 10.1 Å². The first-order chi connectivity index (χ1) is 9.53. The smallest absolute Gasteiger partial charge is 0.344 e. The van der Waals surface area contributed by atoms with Crippen LogP contribution in [-0.2, 0) is 10.1 Å². The van der Waals surface area contributed by atoms with Crippen LogP contribution >= 0.6 is 11.6 Å². The van der Waals surface area contributed by atoms with Gasteiger partial charge in [-0.2, -0.15) is 8.42 Å². The van der Waals surface area contributed by atoms with Gasteiger partial charge in [-0.15, -0.1) is 0 Å². The molecule has 5 nitrogen and oxygen atoms in total. The lowest BCUT2D eigenvalue weighted by atomic mass is 10.3. The predicted octanol–water partition coefficient (Wildman–Crippen LogP) is 2.90. The van der Waals surface area contributed by atoms with Crippen LogP contribution in [0.5, 0.6) is 11.6 Å². The van der Waals surface area contributed by atoms with Gasteiger partial charge in [-0.05, 0) is 31.2 Å². The number of rotatable bonds is 5. The molecule has 2 aromatic rings. The maximum Gasteiger partial charge on any atom is 0.344 e. The number of nitrogens with zero attached hydrogens (tertiary/aromatic N) is 1. The van der Waals surface area contributed by atoms with Crippen LogP contribution in [0.1, 0.15) is 6.92 Å². The molecule has 1 heterocycles. The third-order valence-corrected chi connectivity index (χ3v) is 3.79. The topological polar surface area (TPSA) is 65.5 Å². The van der Waals surface area contributed by atoms with Crippen molar-refractivity contribution in [2.24, 2.45) is 0 Å². The second-order valence-electron chi connectivity index (χ2n) is 3.73. The van der Waals surface area contributed by atoms with Crippen LogP contribution in [0, 0.1) is 0 Å². The molecule has 0 atom stereocenters. The van der Waals surface area contributed by atoms with Gasteiger partial charge < -0.3 is 8.92 Å². The monoisotopic (exact) mass is 313 g/mol. The minimum atomic E-state index is -4.06. The van der Waals surface area contributed by atoms with Gasteiger partial charge in [0, 0.05) is 17.3 Å². The van der Waals surface area contributed by atoms with Crippen molar-refractivity contribution in [3.05, 3.63) is 47.6 Å². The Bertz CT molecular complexity index is 689. The number of pyridine rings is 1. The second kappa shape index (κ2) is 6.11. The molecule has 106 valence electrons. The van der Waals surface area contributed by atoms with E-state index in [2.05, 4.69) is 4.98 Å². The standard InChI is InChI=1S/C13H12ClNO4S/c1-2-18-11-7-6-10(14)9-12(11)20(16,17)19-13-5-3-4-8-15-13/h3-9H,2H2,1H3. The molecular weight excluding hydrogens is 302 g/mol. The molecule has 0 saturated heterocycles. The molecule has 0 unspecified atom stereocenters. The Morgan fingerprint density at radius 3 is 2.70 bits per heavy atom. The highest BCUT2D eigenvalue weighted by Crippen LogP contribution is 2.29. The minimum Gasteiger partial charge on any atom is -0.492 e. The molecule has 20 heavy (non-hydrogen) atoms.